The quantitative estimate of drug-likeness (QED) is 0.732. The second-order valence-electron chi connectivity index (χ2n) is 9.88. The summed E-state index contributed by atoms with van der Waals surface area (Å²) in [4.78, 5) is 0. The summed E-state index contributed by atoms with van der Waals surface area (Å²) in [6, 6.07) is 0. The zero-order valence-corrected chi connectivity index (χ0v) is 14.3. The van der Waals surface area contributed by atoms with Gasteiger partial charge in [-0.25, -0.2) is 0 Å². The summed E-state index contributed by atoms with van der Waals surface area (Å²) < 4.78 is 6.02. The lowest BCUT2D eigenvalue weighted by Gasteiger charge is -2.61. The summed E-state index contributed by atoms with van der Waals surface area (Å²) >= 11 is 0. The molecule has 1 aliphatic heterocycles. The predicted octanol–water partition coefficient (Wildman–Crippen LogP) is 4.01. The summed E-state index contributed by atoms with van der Waals surface area (Å²) in [7, 11) is 0. The molecule has 9 atom stereocenters. The summed E-state index contributed by atoms with van der Waals surface area (Å²) in [5.74, 6) is 4.47. The van der Waals surface area contributed by atoms with Crippen molar-refractivity contribution in [3.8, 4) is 0 Å². The molecular formula is C20H32O2. The Bertz CT molecular complexity index is 476. The molecule has 2 nitrogen and oxygen atoms in total. The van der Waals surface area contributed by atoms with Crippen LogP contribution in [-0.4, -0.2) is 23.9 Å². The van der Waals surface area contributed by atoms with Crippen LogP contribution in [0.15, 0.2) is 0 Å². The number of hydrogen-bond acceptors (Lipinski definition) is 2. The number of aliphatic hydroxyl groups excluding tert-OH is 1. The van der Waals surface area contributed by atoms with E-state index in [2.05, 4.69) is 13.8 Å². The van der Waals surface area contributed by atoms with Gasteiger partial charge >= 0.3 is 0 Å². The van der Waals surface area contributed by atoms with E-state index in [1.807, 2.05) is 0 Å². The van der Waals surface area contributed by atoms with Crippen molar-refractivity contribution in [1.29, 1.82) is 0 Å². The summed E-state index contributed by atoms with van der Waals surface area (Å²) in [6.07, 6.45) is 11.0. The van der Waals surface area contributed by atoms with Crippen molar-refractivity contribution in [2.45, 2.75) is 77.4 Å². The highest BCUT2D eigenvalue weighted by atomic mass is 16.5. The van der Waals surface area contributed by atoms with Gasteiger partial charge in [-0.15, -0.1) is 0 Å². The lowest BCUT2D eigenvalue weighted by molar-refractivity contribution is -0.174. The minimum absolute atomic E-state index is 0.0146. The van der Waals surface area contributed by atoms with Crippen LogP contribution in [0.2, 0.25) is 0 Å². The molecule has 0 spiro atoms. The molecule has 22 heavy (non-hydrogen) atoms. The molecule has 0 unspecified atom stereocenters. The van der Waals surface area contributed by atoms with Gasteiger partial charge < -0.3 is 9.84 Å². The first kappa shape index (κ1) is 14.3. The van der Waals surface area contributed by atoms with Gasteiger partial charge in [-0.2, -0.15) is 0 Å². The van der Waals surface area contributed by atoms with Crippen LogP contribution in [0, 0.1) is 40.4 Å². The third kappa shape index (κ3) is 1.64. The van der Waals surface area contributed by atoms with Crippen LogP contribution in [0.4, 0.5) is 0 Å². The third-order valence-corrected chi connectivity index (χ3v) is 9.20. The van der Waals surface area contributed by atoms with E-state index in [1.165, 1.54) is 38.5 Å². The van der Waals surface area contributed by atoms with E-state index in [-0.39, 0.29) is 6.10 Å². The fourth-order valence-electron chi connectivity index (χ4n) is 7.96. The van der Waals surface area contributed by atoms with Gasteiger partial charge in [-0.3, -0.25) is 0 Å². The first-order valence-electron chi connectivity index (χ1n) is 9.82. The molecule has 124 valence electrons. The number of fused-ring (bicyclic) bond motifs is 7. The van der Waals surface area contributed by atoms with Gasteiger partial charge in [0.2, 0.25) is 0 Å². The Balaban J connectivity index is 1.45. The molecule has 1 saturated heterocycles. The van der Waals surface area contributed by atoms with Crippen LogP contribution in [-0.2, 0) is 4.74 Å². The molecule has 0 radical (unpaired) electrons. The molecule has 1 heterocycles. The summed E-state index contributed by atoms with van der Waals surface area (Å²) in [6.45, 7) is 6.18. The Hall–Kier alpha value is -0.0800. The number of hydrogen-bond donors (Lipinski definition) is 1. The van der Waals surface area contributed by atoms with E-state index in [1.54, 1.807) is 0 Å². The molecule has 0 aromatic heterocycles. The van der Waals surface area contributed by atoms with Gasteiger partial charge in [0, 0.05) is 5.92 Å². The second kappa shape index (κ2) is 4.51. The van der Waals surface area contributed by atoms with Gasteiger partial charge in [-0.1, -0.05) is 13.8 Å². The van der Waals surface area contributed by atoms with E-state index in [9.17, 15) is 5.11 Å². The van der Waals surface area contributed by atoms with Crippen LogP contribution < -0.4 is 0 Å². The number of ether oxygens (including phenoxy) is 1. The van der Waals surface area contributed by atoms with Crippen LogP contribution in [0.5, 0.6) is 0 Å². The first-order chi connectivity index (χ1) is 10.5. The van der Waals surface area contributed by atoms with E-state index >= 15 is 0 Å². The van der Waals surface area contributed by atoms with Crippen molar-refractivity contribution in [2.75, 3.05) is 6.61 Å². The van der Waals surface area contributed by atoms with Crippen molar-refractivity contribution in [3.05, 3.63) is 0 Å². The molecule has 5 rings (SSSR count). The van der Waals surface area contributed by atoms with Gasteiger partial charge in [0.25, 0.3) is 0 Å². The lowest BCUT2D eigenvalue weighted by Crippen LogP contribution is -2.55. The fraction of sp³-hybridized carbons (Fsp3) is 1.00. The molecule has 1 N–H and O–H groups in total. The second-order valence-corrected chi connectivity index (χ2v) is 9.88. The summed E-state index contributed by atoms with van der Waals surface area (Å²) in [5.41, 5.74) is 1.01. The minimum atomic E-state index is -0.0146. The SMILES string of the molecule is C[C@]12CC[C@@H](O)C[C@@H]1CC[C@@H]1[C@@H]2CC[C@@]2(C)[C@H]1C[C@@H]1CO[C@@H]12. The van der Waals surface area contributed by atoms with Crippen molar-refractivity contribution < 1.29 is 9.84 Å². The normalized spacial score (nSPS) is 63.1. The smallest absolute Gasteiger partial charge is 0.0681 e. The zero-order valence-electron chi connectivity index (χ0n) is 14.3. The number of rotatable bonds is 0. The van der Waals surface area contributed by atoms with Crippen LogP contribution >= 0.6 is 0 Å². The highest BCUT2D eigenvalue weighted by Gasteiger charge is 2.64. The van der Waals surface area contributed by atoms with Crippen LogP contribution in [0.3, 0.4) is 0 Å². The maximum atomic E-state index is 10.1. The van der Waals surface area contributed by atoms with E-state index in [0.717, 1.165) is 49.0 Å². The van der Waals surface area contributed by atoms with Gasteiger partial charge in [0.15, 0.2) is 0 Å². The minimum Gasteiger partial charge on any atom is -0.393 e. The topological polar surface area (TPSA) is 29.5 Å². The Labute approximate surface area is 135 Å². The maximum absolute atomic E-state index is 10.1. The van der Waals surface area contributed by atoms with E-state index in [4.69, 9.17) is 4.74 Å². The predicted molar refractivity (Wildman–Crippen MR) is 86.3 cm³/mol. The largest absolute Gasteiger partial charge is 0.393 e. The van der Waals surface area contributed by atoms with Crippen molar-refractivity contribution >= 4 is 0 Å². The van der Waals surface area contributed by atoms with Gasteiger partial charge in [0.05, 0.1) is 18.8 Å². The maximum Gasteiger partial charge on any atom is 0.0681 e. The highest BCUT2D eigenvalue weighted by molar-refractivity contribution is 5.13. The number of aliphatic hydroxyl groups is 1. The first-order valence-corrected chi connectivity index (χ1v) is 9.82. The van der Waals surface area contributed by atoms with Crippen LogP contribution in [0.25, 0.3) is 0 Å². The lowest BCUT2D eigenvalue weighted by atomic mass is 9.45. The Morgan fingerprint density at radius 3 is 2.50 bits per heavy atom. The van der Waals surface area contributed by atoms with Gasteiger partial charge in [-0.05, 0) is 85.9 Å². The van der Waals surface area contributed by atoms with Crippen molar-refractivity contribution in [3.63, 3.8) is 0 Å². The standard InChI is InChI=1S/C20H32O2/c1-19-7-5-14(21)10-13(19)3-4-15-16(19)6-8-20(2)17(15)9-12-11-22-18(12)20/h12-18,21H,3-11H2,1-2H3/t12-,13+,14-,15-,16+,17+,18+,19+,20+/m1/s1. The van der Waals surface area contributed by atoms with Gasteiger partial charge in [0.1, 0.15) is 0 Å². The summed E-state index contributed by atoms with van der Waals surface area (Å²) in [5, 5.41) is 10.1. The van der Waals surface area contributed by atoms with E-state index < -0.39 is 0 Å². The van der Waals surface area contributed by atoms with E-state index in [0.29, 0.717) is 16.9 Å². The van der Waals surface area contributed by atoms with Crippen LogP contribution in [0.1, 0.15) is 65.2 Å². The average molecular weight is 304 g/mol. The molecule has 5 aliphatic rings. The molecule has 4 saturated carbocycles. The molecular weight excluding hydrogens is 272 g/mol. The molecule has 0 aromatic carbocycles. The Kier molecular flexibility index (Phi) is 2.92. The fourth-order valence-corrected chi connectivity index (χ4v) is 7.96. The van der Waals surface area contributed by atoms with Crippen molar-refractivity contribution in [1.82, 2.24) is 0 Å². The molecule has 4 aliphatic carbocycles. The average Bonchev–Trinajstić information content (AvgIpc) is 2.65. The monoisotopic (exact) mass is 304 g/mol. The zero-order chi connectivity index (χ0) is 15.1. The Morgan fingerprint density at radius 1 is 0.909 bits per heavy atom. The molecule has 0 amide bonds. The molecule has 5 fully saturated rings. The molecule has 0 aromatic rings. The van der Waals surface area contributed by atoms with Crippen molar-refractivity contribution in [2.24, 2.45) is 40.4 Å². The third-order valence-electron chi connectivity index (χ3n) is 9.20. The highest BCUT2D eigenvalue weighted by Crippen LogP contribution is 2.68. The Morgan fingerprint density at radius 2 is 1.73 bits per heavy atom. The molecule has 0 bridgehead atoms. The molecule has 2 heteroatoms.